The van der Waals surface area contributed by atoms with Crippen LogP contribution in [0.5, 0.6) is 0 Å². The summed E-state index contributed by atoms with van der Waals surface area (Å²) in [5, 5.41) is 13.8. The summed E-state index contributed by atoms with van der Waals surface area (Å²) in [6.45, 7) is 13.5. The molecule has 0 saturated heterocycles. The van der Waals surface area contributed by atoms with Gasteiger partial charge in [0.1, 0.15) is 5.82 Å². The van der Waals surface area contributed by atoms with Crippen molar-refractivity contribution in [2.24, 2.45) is 5.92 Å². The van der Waals surface area contributed by atoms with Gasteiger partial charge in [-0.2, -0.15) is 0 Å². The van der Waals surface area contributed by atoms with Crippen molar-refractivity contribution < 1.29 is 4.39 Å². The van der Waals surface area contributed by atoms with Gasteiger partial charge in [0.05, 0.1) is 11.6 Å². The fourth-order valence-electron chi connectivity index (χ4n) is 4.62. The highest BCUT2D eigenvalue weighted by Crippen LogP contribution is 2.33. The predicted octanol–water partition coefficient (Wildman–Crippen LogP) is 5.51. The molecule has 2 aromatic carbocycles. The molecule has 7 nitrogen and oxygen atoms in total. The highest BCUT2D eigenvalue weighted by molar-refractivity contribution is 5.79. The van der Waals surface area contributed by atoms with E-state index in [4.69, 9.17) is 0 Å². The maximum atomic E-state index is 13.6. The topological polar surface area (TPSA) is 79.7 Å². The van der Waals surface area contributed by atoms with Crippen LogP contribution in [0.1, 0.15) is 69.6 Å². The first-order chi connectivity index (χ1) is 17.1. The molecule has 0 aliphatic carbocycles. The third-order valence-corrected chi connectivity index (χ3v) is 6.97. The molecule has 0 radical (unpaired) electrons. The first-order valence-corrected chi connectivity index (χ1v) is 12.5. The van der Waals surface area contributed by atoms with Gasteiger partial charge in [0.15, 0.2) is 5.82 Å². The van der Waals surface area contributed by atoms with Crippen molar-refractivity contribution in [3.8, 4) is 0 Å². The first-order valence-electron chi connectivity index (χ1n) is 12.5. The molecule has 0 aliphatic heterocycles. The minimum absolute atomic E-state index is 0.117. The third kappa shape index (κ3) is 5.38. The minimum Gasteiger partial charge on any atom is -0.322 e. The van der Waals surface area contributed by atoms with Crippen LogP contribution in [-0.4, -0.2) is 30.1 Å². The number of hydrogen-bond acceptors (Lipinski definition) is 5. The molecular weight excluding hydrogens is 455 g/mol. The number of aryl methyl sites for hydroxylation is 1. The molecule has 0 amide bonds. The summed E-state index contributed by atoms with van der Waals surface area (Å²) in [7, 11) is 0. The minimum atomic E-state index is -0.277. The maximum absolute atomic E-state index is 13.6. The third-order valence-electron chi connectivity index (χ3n) is 6.97. The Kier molecular flexibility index (Phi) is 7.36. The van der Waals surface area contributed by atoms with Crippen molar-refractivity contribution in [3.63, 3.8) is 0 Å². The lowest BCUT2D eigenvalue weighted by molar-refractivity contribution is 0.117. The summed E-state index contributed by atoms with van der Waals surface area (Å²) in [4.78, 5) is 18.4. The molecule has 1 atom stereocenters. The van der Waals surface area contributed by atoms with E-state index >= 15 is 0 Å². The average Bonchev–Trinajstić information content (AvgIpc) is 3.31. The standard InChI is InChI=1S/C28H35FN6O/c1-7-28(5,6)35-26(31-32-33-35)25(18(2)3)34(16-20-9-12-23(29)13-10-20)17-22-15-21-11-8-19(4)14-24(21)30-27(22)36/h8-15,18,25H,7,16-17H2,1-6H3,(H,30,36)/t25-/m0/s1. The maximum Gasteiger partial charge on any atom is 0.252 e. The molecule has 0 unspecified atom stereocenters. The van der Waals surface area contributed by atoms with E-state index < -0.39 is 0 Å². The Morgan fingerprint density at radius 1 is 1.08 bits per heavy atom. The van der Waals surface area contributed by atoms with E-state index in [1.54, 1.807) is 12.1 Å². The summed E-state index contributed by atoms with van der Waals surface area (Å²) < 4.78 is 15.6. The van der Waals surface area contributed by atoms with Gasteiger partial charge in [-0.1, -0.05) is 45.0 Å². The van der Waals surface area contributed by atoms with Crippen LogP contribution in [0.4, 0.5) is 4.39 Å². The predicted molar refractivity (Wildman–Crippen MR) is 140 cm³/mol. The van der Waals surface area contributed by atoms with Crippen molar-refractivity contribution in [3.05, 3.63) is 87.2 Å². The van der Waals surface area contributed by atoms with Crippen LogP contribution in [0.25, 0.3) is 10.9 Å². The number of nitrogens with zero attached hydrogens (tertiary/aromatic N) is 5. The molecule has 0 saturated carbocycles. The van der Waals surface area contributed by atoms with E-state index in [0.717, 1.165) is 34.3 Å². The summed E-state index contributed by atoms with van der Waals surface area (Å²) in [5.41, 5.74) is 3.13. The van der Waals surface area contributed by atoms with Crippen molar-refractivity contribution in [2.45, 2.75) is 72.6 Å². The van der Waals surface area contributed by atoms with E-state index in [9.17, 15) is 9.18 Å². The molecule has 2 heterocycles. The van der Waals surface area contributed by atoms with Gasteiger partial charge in [-0.15, -0.1) is 5.10 Å². The molecular formula is C28H35FN6O. The van der Waals surface area contributed by atoms with E-state index in [0.29, 0.717) is 18.7 Å². The molecule has 8 heteroatoms. The lowest BCUT2D eigenvalue weighted by Crippen LogP contribution is -2.38. The van der Waals surface area contributed by atoms with Crippen LogP contribution in [0, 0.1) is 18.7 Å². The van der Waals surface area contributed by atoms with Gasteiger partial charge in [-0.05, 0) is 84.3 Å². The SMILES string of the molecule is CCC(C)(C)n1nnnc1[C@H](C(C)C)N(Cc1ccc(F)cc1)Cc1cc2ccc(C)cc2[nH]c1=O. The zero-order chi connectivity index (χ0) is 26.0. The average molecular weight is 491 g/mol. The molecule has 1 N–H and O–H groups in total. The Balaban J connectivity index is 1.81. The molecule has 36 heavy (non-hydrogen) atoms. The molecule has 0 spiro atoms. The smallest absolute Gasteiger partial charge is 0.252 e. The number of rotatable bonds is 9. The summed E-state index contributed by atoms with van der Waals surface area (Å²) >= 11 is 0. The van der Waals surface area contributed by atoms with Crippen molar-refractivity contribution in [2.75, 3.05) is 0 Å². The van der Waals surface area contributed by atoms with Crippen molar-refractivity contribution in [1.82, 2.24) is 30.1 Å². The molecule has 190 valence electrons. The van der Waals surface area contributed by atoms with Crippen molar-refractivity contribution >= 4 is 10.9 Å². The monoisotopic (exact) mass is 490 g/mol. The Hall–Kier alpha value is -3.39. The number of aromatic nitrogens is 5. The Morgan fingerprint density at radius 3 is 2.47 bits per heavy atom. The number of tetrazole rings is 1. The van der Waals surface area contributed by atoms with Gasteiger partial charge in [-0.25, -0.2) is 9.07 Å². The zero-order valence-electron chi connectivity index (χ0n) is 21.9. The molecule has 2 aromatic heterocycles. The largest absolute Gasteiger partial charge is 0.322 e. The summed E-state index contributed by atoms with van der Waals surface area (Å²) in [6, 6.07) is 14.3. The number of fused-ring (bicyclic) bond motifs is 1. The Bertz CT molecular complexity index is 1390. The fourth-order valence-corrected chi connectivity index (χ4v) is 4.62. The van der Waals surface area contributed by atoms with Crippen molar-refractivity contribution in [1.29, 1.82) is 0 Å². The Morgan fingerprint density at radius 2 is 1.81 bits per heavy atom. The summed E-state index contributed by atoms with van der Waals surface area (Å²) in [6.07, 6.45) is 0.859. The van der Waals surface area contributed by atoms with Gasteiger partial charge in [-0.3, -0.25) is 9.69 Å². The van der Waals surface area contributed by atoms with Crippen LogP contribution >= 0.6 is 0 Å². The number of pyridine rings is 1. The molecule has 0 bridgehead atoms. The molecule has 4 rings (SSSR count). The summed E-state index contributed by atoms with van der Waals surface area (Å²) in [5.74, 6) is 0.623. The fraction of sp³-hybridized carbons (Fsp3) is 0.429. The van der Waals surface area contributed by atoms with Gasteiger partial charge in [0.25, 0.3) is 5.56 Å². The normalized spacial score (nSPS) is 13.1. The number of halogens is 1. The van der Waals surface area contributed by atoms with Crippen LogP contribution in [-0.2, 0) is 18.6 Å². The van der Waals surface area contributed by atoms with E-state index in [2.05, 4.69) is 60.0 Å². The number of H-pyrrole nitrogens is 1. The first kappa shape index (κ1) is 25.7. The molecule has 0 fully saturated rings. The van der Waals surface area contributed by atoms with Gasteiger partial charge >= 0.3 is 0 Å². The van der Waals surface area contributed by atoms with Crippen LogP contribution in [0.3, 0.4) is 0 Å². The quantitative estimate of drug-likeness (QED) is 0.335. The van der Waals surface area contributed by atoms with E-state index in [-0.39, 0.29) is 28.9 Å². The zero-order valence-corrected chi connectivity index (χ0v) is 21.9. The lowest BCUT2D eigenvalue weighted by atomic mass is 9.97. The lowest BCUT2D eigenvalue weighted by Gasteiger charge is -2.35. The van der Waals surface area contributed by atoms with Gasteiger partial charge in [0, 0.05) is 24.2 Å². The number of benzene rings is 2. The van der Waals surface area contributed by atoms with E-state index in [1.807, 2.05) is 35.9 Å². The number of hydrogen-bond donors (Lipinski definition) is 1. The molecule has 0 aliphatic rings. The second-order valence-corrected chi connectivity index (χ2v) is 10.5. The van der Waals surface area contributed by atoms with Gasteiger partial charge < -0.3 is 4.98 Å². The highest BCUT2D eigenvalue weighted by Gasteiger charge is 2.33. The second-order valence-electron chi connectivity index (χ2n) is 10.5. The highest BCUT2D eigenvalue weighted by atomic mass is 19.1. The van der Waals surface area contributed by atoms with E-state index in [1.165, 1.54) is 12.1 Å². The Labute approximate surface area is 211 Å². The van der Waals surface area contributed by atoms with Gasteiger partial charge in [0.2, 0.25) is 0 Å². The van der Waals surface area contributed by atoms with Crippen LogP contribution in [0.2, 0.25) is 0 Å². The number of nitrogens with one attached hydrogen (secondary N) is 1. The second kappa shape index (κ2) is 10.3. The van der Waals surface area contributed by atoms with Crippen LogP contribution < -0.4 is 5.56 Å². The van der Waals surface area contributed by atoms with Crippen LogP contribution in [0.15, 0.2) is 53.3 Å². The molecule has 4 aromatic rings. The number of aromatic amines is 1.